The van der Waals surface area contributed by atoms with Crippen molar-refractivity contribution in [3.05, 3.63) is 48.0 Å². The number of nitrogens with one attached hydrogen (secondary N) is 1. The number of rotatable bonds is 9. The summed E-state index contributed by atoms with van der Waals surface area (Å²) in [5, 5.41) is 2.58. The predicted molar refractivity (Wildman–Crippen MR) is 96.5 cm³/mol. The van der Waals surface area contributed by atoms with E-state index in [1.807, 2.05) is 0 Å². The standard InChI is InChI=1S/C19H19NO7/c1-24-14-7-8-17(25-2)15(9-14)20-18(22)11-27-19(23)12-26-16-6-4-3-5-13(16)10-21/h3-10H,11-12H2,1-2H3,(H,20,22). The van der Waals surface area contributed by atoms with Crippen LogP contribution < -0.4 is 19.5 Å². The summed E-state index contributed by atoms with van der Waals surface area (Å²) >= 11 is 0. The molecule has 2 aromatic rings. The molecule has 0 saturated heterocycles. The zero-order chi connectivity index (χ0) is 19.6. The second-order valence-corrected chi connectivity index (χ2v) is 5.22. The lowest BCUT2D eigenvalue weighted by Gasteiger charge is -2.12. The maximum atomic E-state index is 12.0. The third-order valence-corrected chi connectivity index (χ3v) is 3.44. The summed E-state index contributed by atoms with van der Waals surface area (Å²) in [5.41, 5.74) is 0.697. The average molecular weight is 373 g/mol. The molecule has 0 atom stereocenters. The number of hydrogen-bond acceptors (Lipinski definition) is 7. The Morgan fingerprint density at radius 1 is 1.00 bits per heavy atom. The fraction of sp³-hybridized carbons (Fsp3) is 0.211. The van der Waals surface area contributed by atoms with Gasteiger partial charge in [-0.2, -0.15) is 0 Å². The van der Waals surface area contributed by atoms with Gasteiger partial charge in [-0.15, -0.1) is 0 Å². The van der Waals surface area contributed by atoms with Crippen molar-refractivity contribution in [2.45, 2.75) is 0 Å². The van der Waals surface area contributed by atoms with Crippen LogP contribution in [0, 0.1) is 0 Å². The summed E-state index contributed by atoms with van der Waals surface area (Å²) in [6.45, 7) is -0.932. The van der Waals surface area contributed by atoms with E-state index in [1.54, 1.807) is 42.5 Å². The number of amides is 1. The first kappa shape index (κ1) is 19.8. The first-order valence-electron chi connectivity index (χ1n) is 7.92. The second kappa shape index (κ2) is 9.81. The second-order valence-electron chi connectivity index (χ2n) is 5.22. The van der Waals surface area contributed by atoms with Gasteiger partial charge in [0.25, 0.3) is 5.91 Å². The van der Waals surface area contributed by atoms with Crippen molar-refractivity contribution >= 4 is 23.9 Å². The number of carbonyl (C=O) groups is 3. The van der Waals surface area contributed by atoms with E-state index >= 15 is 0 Å². The first-order chi connectivity index (χ1) is 13.1. The smallest absolute Gasteiger partial charge is 0.344 e. The van der Waals surface area contributed by atoms with Gasteiger partial charge in [-0.1, -0.05) is 12.1 Å². The van der Waals surface area contributed by atoms with Crippen molar-refractivity contribution in [1.29, 1.82) is 0 Å². The lowest BCUT2D eigenvalue weighted by Crippen LogP contribution is -2.24. The number of methoxy groups -OCH3 is 2. The summed E-state index contributed by atoms with van der Waals surface area (Å²) < 4.78 is 20.3. The van der Waals surface area contributed by atoms with E-state index < -0.39 is 25.1 Å². The molecule has 142 valence electrons. The molecular weight excluding hydrogens is 354 g/mol. The van der Waals surface area contributed by atoms with Crippen LogP contribution in [-0.4, -0.2) is 45.6 Å². The predicted octanol–water partition coefficient (Wildman–Crippen LogP) is 2.08. The molecule has 0 aromatic heterocycles. The molecule has 1 N–H and O–H groups in total. The van der Waals surface area contributed by atoms with Crippen LogP contribution in [0.1, 0.15) is 10.4 Å². The number of ether oxygens (including phenoxy) is 4. The molecule has 27 heavy (non-hydrogen) atoms. The van der Waals surface area contributed by atoms with Gasteiger partial charge in [0.2, 0.25) is 0 Å². The van der Waals surface area contributed by atoms with E-state index in [0.29, 0.717) is 29.0 Å². The topological polar surface area (TPSA) is 100 Å². The Kier molecular flexibility index (Phi) is 7.18. The molecular formula is C19H19NO7. The molecule has 0 unspecified atom stereocenters. The molecule has 2 aromatic carbocycles. The van der Waals surface area contributed by atoms with E-state index in [4.69, 9.17) is 18.9 Å². The Morgan fingerprint density at radius 2 is 1.78 bits per heavy atom. The largest absolute Gasteiger partial charge is 0.497 e. The Balaban J connectivity index is 1.85. The number of carbonyl (C=O) groups excluding carboxylic acids is 3. The van der Waals surface area contributed by atoms with Crippen LogP contribution in [0.15, 0.2) is 42.5 Å². The molecule has 0 saturated carbocycles. The fourth-order valence-corrected chi connectivity index (χ4v) is 2.13. The molecule has 0 aliphatic heterocycles. The third kappa shape index (κ3) is 5.74. The molecule has 0 bridgehead atoms. The van der Waals surface area contributed by atoms with Gasteiger partial charge in [0.1, 0.15) is 17.2 Å². The molecule has 0 aliphatic rings. The molecule has 0 spiro atoms. The van der Waals surface area contributed by atoms with Crippen molar-refractivity contribution < 1.29 is 33.3 Å². The van der Waals surface area contributed by atoms with Gasteiger partial charge in [0, 0.05) is 6.07 Å². The minimum atomic E-state index is -0.747. The lowest BCUT2D eigenvalue weighted by molar-refractivity contribution is -0.149. The highest BCUT2D eigenvalue weighted by atomic mass is 16.6. The summed E-state index contributed by atoms with van der Waals surface area (Å²) in [6, 6.07) is 11.4. The maximum Gasteiger partial charge on any atom is 0.344 e. The highest BCUT2D eigenvalue weighted by Crippen LogP contribution is 2.28. The van der Waals surface area contributed by atoms with Crippen LogP contribution in [0.2, 0.25) is 0 Å². The van der Waals surface area contributed by atoms with E-state index in [-0.39, 0.29) is 5.75 Å². The fourth-order valence-electron chi connectivity index (χ4n) is 2.13. The van der Waals surface area contributed by atoms with E-state index in [9.17, 15) is 14.4 Å². The zero-order valence-electron chi connectivity index (χ0n) is 14.9. The minimum Gasteiger partial charge on any atom is -0.497 e. The summed E-state index contributed by atoms with van der Waals surface area (Å²) in [4.78, 5) is 34.6. The van der Waals surface area contributed by atoms with Gasteiger partial charge in [-0.25, -0.2) is 4.79 Å². The van der Waals surface area contributed by atoms with Gasteiger partial charge in [0.15, 0.2) is 19.5 Å². The van der Waals surface area contributed by atoms with Crippen LogP contribution in [-0.2, 0) is 14.3 Å². The molecule has 0 heterocycles. The Hall–Kier alpha value is -3.55. The average Bonchev–Trinajstić information content (AvgIpc) is 2.70. The van der Waals surface area contributed by atoms with E-state index in [0.717, 1.165) is 0 Å². The van der Waals surface area contributed by atoms with Gasteiger partial charge in [-0.3, -0.25) is 9.59 Å². The highest BCUT2D eigenvalue weighted by molar-refractivity contribution is 5.94. The number of hydrogen-bond donors (Lipinski definition) is 1. The molecule has 8 heteroatoms. The number of benzene rings is 2. The van der Waals surface area contributed by atoms with Crippen molar-refractivity contribution in [3.8, 4) is 17.2 Å². The van der Waals surface area contributed by atoms with Crippen molar-refractivity contribution in [3.63, 3.8) is 0 Å². The summed E-state index contributed by atoms with van der Waals surface area (Å²) in [5.74, 6) is -0.0729. The molecule has 0 aliphatic carbocycles. The maximum absolute atomic E-state index is 12.0. The normalized spacial score (nSPS) is 9.85. The highest BCUT2D eigenvalue weighted by Gasteiger charge is 2.13. The Labute approximate surface area is 156 Å². The molecule has 0 fully saturated rings. The SMILES string of the molecule is COc1ccc(OC)c(NC(=O)COC(=O)COc2ccccc2C=O)c1. The minimum absolute atomic E-state index is 0.259. The van der Waals surface area contributed by atoms with Crippen LogP contribution in [0.3, 0.4) is 0 Å². The number of aldehydes is 1. The van der Waals surface area contributed by atoms with Gasteiger partial charge >= 0.3 is 5.97 Å². The lowest BCUT2D eigenvalue weighted by atomic mass is 10.2. The number of anilines is 1. The molecule has 2 rings (SSSR count). The number of para-hydroxylation sites is 1. The van der Waals surface area contributed by atoms with Crippen molar-refractivity contribution in [2.24, 2.45) is 0 Å². The van der Waals surface area contributed by atoms with Gasteiger partial charge in [0.05, 0.1) is 25.5 Å². The van der Waals surface area contributed by atoms with Crippen LogP contribution in [0.25, 0.3) is 0 Å². The molecule has 0 radical (unpaired) electrons. The van der Waals surface area contributed by atoms with Crippen molar-refractivity contribution in [1.82, 2.24) is 0 Å². The van der Waals surface area contributed by atoms with E-state index in [2.05, 4.69) is 5.32 Å². The van der Waals surface area contributed by atoms with E-state index in [1.165, 1.54) is 14.2 Å². The quantitative estimate of drug-likeness (QED) is 0.530. The third-order valence-electron chi connectivity index (χ3n) is 3.44. The van der Waals surface area contributed by atoms with Gasteiger partial charge in [-0.05, 0) is 24.3 Å². The molecule has 8 nitrogen and oxygen atoms in total. The monoisotopic (exact) mass is 373 g/mol. The summed E-state index contributed by atoms with van der Waals surface area (Å²) in [6.07, 6.45) is 0.621. The zero-order valence-corrected chi connectivity index (χ0v) is 14.9. The van der Waals surface area contributed by atoms with Crippen LogP contribution in [0.4, 0.5) is 5.69 Å². The Bertz CT molecular complexity index is 819. The Morgan fingerprint density at radius 3 is 2.48 bits per heavy atom. The van der Waals surface area contributed by atoms with Gasteiger partial charge < -0.3 is 24.3 Å². The summed E-state index contributed by atoms with van der Waals surface area (Å²) in [7, 11) is 2.96. The number of esters is 1. The molecule has 1 amide bonds. The van der Waals surface area contributed by atoms with Crippen molar-refractivity contribution in [2.75, 3.05) is 32.8 Å². The van der Waals surface area contributed by atoms with Crippen LogP contribution >= 0.6 is 0 Å². The first-order valence-corrected chi connectivity index (χ1v) is 7.92. The van der Waals surface area contributed by atoms with Crippen LogP contribution in [0.5, 0.6) is 17.2 Å².